The molecule has 168 valence electrons. The van der Waals surface area contributed by atoms with Gasteiger partial charge in [0.15, 0.2) is 0 Å². The molecule has 0 aliphatic rings. The number of para-hydroxylation sites is 1. The first-order chi connectivity index (χ1) is 16.1. The maximum absolute atomic E-state index is 12.9. The van der Waals surface area contributed by atoms with Crippen molar-refractivity contribution in [2.45, 2.75) is 40.2 Å². The van der Waals surface area contributed by atoms with Crippen molar-refractivity contribution >= 4 is 23.4 Å². The largest absolute Gasteiger partial charge is 0.367 e. The topological polar surface area (TPSA) is 56.1 Å². The summed E-state index contributed by atoms with van der Waals surface area (Å²) in [6, 6.07) is 26.4. The summed E-state index contributed by atoms with van der Waals surface area (Å²) in [4.78, 5) is 15.2. The summed E-state index contributed by atoms with van der Waals surface area (Å²) in [6.07, 6.45) is 3.27. The van der Waals surface area contributed by atoms with E-state index >= 15 is 0 Å². The lowest BCUT2D eigenvalue weighted by Gasteiger charge is -2.23. The Kier molecular flexibility index (Phi) is 8.43. The maximum atomic E-state index is 12.9. The van der Waals surface area contributed by atoms with Gasteiger partial charge in [-0.3, -0.25) is 4.79 Å². The standard InChI is InChI=1S/C29H31N3O/c1-4-24-13-10-14-25(5-2)28(24)31-29(33)26(20-30)19-22-15-17-27(18-16-22)32(6-3)21-23-11-8-7-9-12-23/h7-19H,4-6,21H2,1-3H3,(H,31,33)/b26-19+. The molecule has 0 unspecified atom stereocenters. The Labute approximate surface area is 197 Å². The Hall–Kier alpha value is -3.84. The number of aryl methyl sites for hydroxylation is 2. The minimum atomic E-state index is -0.378. The Balaban J connectivity index is 1.78. The molecule has 3 rings (SSSR count). The Morgan fingerprint density at radius 1 is 0.909 bits per heavy atom. The molecule has 1 N–H and O–H groups in total. The summed E-state index contributed by atoms with van der Waals surface area (Å²) in [7, 11) is 0. The quantitative estimate of drug-likeness (QED) is 0.312. The molecule has 33 heavy (non-hydrogen) atoms. The molecule has 4 heteroatoms. The van der Waals surface area contributed by atoms with E-state index in [1.54, 1.807) is 6.08 Å². The van der Waals surface area contributed by atoms with Gasteiger partial charge in [0.2, 0.25) is 0 Å². The summed E-state index contributed by atoms with van der Waals surface area (Å²) in [6.45, 7) is 7.96. The van der Waals surface area contributed by atoms with E-state index in [0.717, 1.165) is 54.0 Å². The number of hydrogen-bond acceptors (Lipinski definition) is 3. The van der Waals surface area contributed by atoms with Crippen LogP contribution in [0.2, 0.25) is 0 Å². The summed E-state index contributed by atoms with van der Waals surface area (Å²) in [5, 5.41) is 12.6. The average Bonchev–Trinajstić information content (AvgIpc) is 2.86. The Bertz CT molecular complexity index is 1120. The number of nitrogens with one attached hydrogen (secondary N) is 1. The molecule has 1 amide bonds. The van der Waals surface area contributed by atoms with Crippen LogP contribution in [0.15, 0.2) is 78.4 Å². The van der Waals surface area contributed by atoms with E-state index in [9.17, 15) is 10.1 Å². The van der Waals surface area contributed by atoms with Crippen LogP contribution in [0.4, 0.5) is 11.4 Å². The van der Waals surface area contributed by atoms with E-state index in [4.69, 9.17) is 0 Å². The number of nitrogens with zero attached hydrogens (tertiary/aromatic N) is 2. The molecule has 0 aliphatic carbocycles. The Morgan fingerprint density at radius 3 is 2.09 bits per heavy atom. The van der Waals surface area contributed by atoms with Crippen molar-refractivity contribution in [2.24, 2.45) is 0 Å². The van der Waals surface area contributed by atoms with Crippen LogP contribution < -0.4 is 10.2 Å². The maximum Gasteiger partial charge on any atom is 0.266 e. The van der Waals surface area contributed by atoms with Gasteiger partial charge in [-0.2, -0.15) is 5.26 Å². The molecule has 0 atom stereocenters. The second-order valence-electron chi connectivity index (χ2n) is 7.87. The lowest BCUT2D eigenvalue weighted by Crippen LogP contribution is -2.21. The predicted molar refractivity (Wildman–Crippen MR) is 137 cm³/mol. The average molecular weight is 438 g/mol. The number of hydrogen-bond donors (Lipinski definition) is 1. The molecular formula is C29H31N3O. The third-order valence-electron chi connectivity index (χ3n) is 5.77. The SMILES string of the molecule is CCc1cccc(CC)c1NC(=O)/C(C#N)=C/c1ccc(N(CC)Cc2ccccc2)cc1. The van der Waals surface area contributed by atoms with Crippen molar-refractivity contribution in [1.82, 2.24) is 0 Å². The van der Waals surface area contributed by atoms with E-state index in [0.29, 0.717) is 0 Å². The highest BCUT2D eigenvalue weighted by Gasteiger charge is 2.14. The molecule has 0 aromatic heterocycles. The number of nitriles is 1. The molecule has 0 saturated carbocycles. The third-order valence-corrected chi connectivity index (χ3v) is 5.77. The molecule has 0 saturated heterocycles. The van der Waals surface area contributed by atoms with Crippen molar-refractivity contribution < 1.29 is 4.79 Å². The predicted octanol–water partition coefficient (Wildman–Crippen LogP) is 6.38. The number of carbonyl (C=O) groups is 1. The summed E-state index contributed by atoms with van der Waals surface area (Å²) >= 11 is 0. The highest BCUT2D eigenvalue weighted by molar-refractivity contribution is 6.10. The van der Waals surface area contributed by atoms with Gasteiger partial charge >= 0.3 is 0 Å². The molecule has 3 aromatic carbocycles. The van der Waals surface area contributed by atoms with Gasteiger partial charge in [-0.1, -0.05) is 74.5 Å². The van der Waals surface area contributed by atoms with Gasteiger partial charge in [0.25, 0.3) is 5.91 Å². The van der Waals surface area contributed by atoms with Crippen LogP contribution in [-0.2, 0) is 24.2 Å². The zero-order chi connectivity index (χ0) is 23.6. The normalized spacial score (nSPS) is 11.0. The van der Waals surface area contributed by atoms with E-state index in [-0.39, 0.29) is 11.5 Å². The van der Waals surface area contributed by atoms with Crippen LogP contribution in [0.5, 0.6) is 0 Å². The fourth-order valence-corrected chi connectivity index (χ4v) is 3.87. The number of anilines is 2. The number of amides is 1. The number of rotatable bonds is 9. The highest BCUT2D eigenvalue weighted by atomic mass is 16.1. The van der Waals surface area contributed by atoms with E-state index in [2.05, 4.69) is 49.2 Å². The van der Waals surface area contributed by atoms with Crippen molar-refractivity contribution in [2.75, 3.05) is 16.8 Å². The second kappa shape index (κ2) is 11.7. The van der Waals surface area contributed by atoms with Gasteiger partial charge in [0, 0.05) is 24.5 Å². The van der Waals surface area contributed by atoms with E-state index in [1.165, 1.54) is 5.56 Å². The monoisotopic (exact) mass is 437 g/mol. The minimum absolute atomic E-state index is 0.0901. The van der Waals surface area contributed by atoms with Gasteiger partial charge in [0.05, 0.1) is 0 Å². The van der Waals surface area contributed by atoms with Gasteiger partial charge < -0.3 is 10.2 Å². The minimum Gasteiger partial charge on any atom is -0.367 e. The summed E-state index contributed by atoms with van der Waals surface area (Å²) < 4.78 is 0. The zero-order valence-corrected chi connectivity index (χ0v) is 19.6. The van der Waals surface area contributed by atoms with Gasteiger partial charge in [0.1, 0.15) is 11.6 Å². The van der Waals surface area contributed by atoms with E-state index < -0.39 is 0 Å². The first kappa shape index (κ1) is 23.8. The molecule has 0 fully saturated rings. The summed E-state index contributed by atoms with van der Waals surface area (Å²) in [5.74, 6) is -0.378. The Morgan fingerprint density at radius 2 is 1.55 bits per heavy atom. The van der Waals surface area contributed by atoms with Crippen LogP contribution in [-0.4, -0.2) is 12.5 Å². The first-order valence-electron chi connectivity index (χ1n) is 11.5. The molecule has 4 nitrogen and oxygen atoms in total. The third kappa shape index (κ3) is 6.11. The van der Waals surface area contributed by atoms with Gasteiger partial charge in [-0.25, -0.2) is 0 Å². The van der Waals surface area contributed by atoms with Crippen molar-refractivity contribution in [3.63, 3.8) is 0 Å². The van der Waals surface area contributed by atoms with Crippen LogP contribution in [0, 0.1) is 11.3 Å². The van der Waals surface area contributed by atoms with Crippen molar-refractivity contribution in [1.29, 1.82) is 5.26 Å². The molecule has 3 aromatic rings. The molecule has 0 heterocycles. The second-order valence-corrected chi connectivity index (χ2v) is 7.87. The lowest BCUT2D eigenvalue weighted by atomic mass is 10.0. The fourth-order valence-electron chi connectivity index (χ4n) is 3.87. The van der Waals surface area contributed by atoms with Crippen LogP contribution in [0.3, 0.4) is 0 Å². The highest BCUT2D eigenvalue weighted by Crippen LogP contribution is 2.24. The molecule has 0 radical (unpaired) electrons. The van der Waals surface area contributed by atoms with Crippen LogP contribution in [0.25, 0.3) is 6.08 Å². The van der Waals surface area contributed by atoms with Crippen LogP contribution >= 0.6 is 0 Å². The molecule has 0 bridgehead atoms. The lowest BCUT2D eigenvalue weighted by molar-refractivity contribution is -0.112. The number of carbonyl (C=O) groups excluding carboxylic acids is 1. The zero-order valence-electron chi connectivity index (χ0n) is 19.6. The molecular weight excluding hydrogens is 406 g/mol. The number of benzene rings is 3. The molecule has 0 aliphatic heterocycles. The van der Waals surface area contributed by atoms with Crippen molar-refractivity contribution in [3.8, 4) is 6.07 Å². The van der Waals surface area contributed by atoms with Gasteiger partial charge in [-0.15, -0.1) is 0 Å². The molecule has 0 spiro atoms. The fraction of sp³-hybridized carbons (Fsp3) is 0.241. The van der Waals surface area contributed by atoms with E-state index in [1.807, 2.05) is 60.7 Å². The smallest absolute Gasteiger partial charge is 0.266 e. The first-order valence-corrected chi connectivity index (χ1v) is 11.5. The van der Waals surface area contributed by atoms with Gasteiger partial charge in [-0.05, 0) is 60.2 Å². The summed E-state index contributed by atoms with van der Waals surface area (Å²) in [5.41, 5.74) is 6.23. The van der Waals surface area contributed by atoms with Crippen molar-refractivity contribution in [3.05, 3.63) is 101 Å². The van der Waals surface area contributed by atoms with Crippen LogP contribution in [0.1, 0.15) is 43.0 Å².